The second-order valence-electron chi connectivity index (χ2n) is 5.30. The number of rotatable bonds is 3. The van der Waals surface area contributed by atoms with E-state index in [1.54, 1.807) is 12.1 Å². The molecule has 2 aromatic carbocycles. The summed E-state index contributed by atoms with van der Waals surface area (Å²) in [6.07, 6.45) is 0. The summed E-state index contributed by atoms with van der Waals surface area (Å²) in [6.45, 7) is 0. The molecule has 0 fully saturated rings. The Bertz CT molecular complexity index is 842. The SMILES string of the molecule is CN(C)c1ccc(-c2cc(-c3cc(Cl)cc(Cl)c3O)no2)cc1. The molecule has 0 radical (unpaired) electrons. The molecular weight excluding hydrogens is 335 g/mol. The number of anilines is 1. The van der Waals surface area contributed by atoms with Gasteiger partial charge in [-0.1, -0.05) is 28.4 Å². The molecule has 0 aliphatic carbocycles. The molecule has 0 unspecified atom stereocenters. The van der Waals surface area contributed by atoms with Crippen LogP contribution >= 0.6 is 23.2 Å². The van der Waals surface area contributed by atoms with Crippen LogP contribution in [0, 0.1) is 0 Å². The zero-order valence-electron chi connectivity index (χ0n) is 12.5. The highest BCUT2D eigenvalue weighted by Crippen LogP contribution is 2.38. The summed E-state index contributed by atoms with van der Waals surface area (Å²) in [5.41, 5.74) is 2.88. The van der Waals surface area contributed by atoms with Gasteiger partial charge in [-0.25, -0.2) is 0 Å². The summed E-state index contributed by atoms with van der Waals surface area (Å²) in [5.74, 6) is 0.527. The lowest BCUT2D eigenvalue weighted by Gasteiger charge is -2.11. The maximum absolute atomic E-state index is 10.1. The predicted octanol–water partition coefficient (Wildman–Crippen LogP) is 5.09. The molecule has 3 rings (SSSR count). The third kappa shape index (κ3) is 3.14. The summed E-state index contributed by atoms with van der Waals surface area (Å²) < 4.78 is 5.38. The largest absolute Gasteiger partial charge is 0.506 e. The van der Waals surface area contributed by atoms with Crippen LogP contribution in [0.3, 0.4) is 0 Å². The van der Waals surface area contributed by atoms with Gasteiger partial charge in [0.2, 0.25) is 0 Å². The number of nitrogens with zero attached hydrogens (tertiary/aromatic N) is 2. The van der Waals surface area contributed by atoms with Gasteiger partial charge in [0, 0.05) is 42.0 Å². The van der Waals surface area contributed by atoms with E-state index in [9.17, 15) is 5.11 Å². The monoisotopic (exact) mass is 348 g/mol. The van der Waals surface area contributed by atoms with E-state index >= 15 is 0 Å². The van der Waals surface area contributed by atoms with Crippen molar-refractivity contribution in [3.05, 3.63) is 52.5 Å². The molecule has 23 heavy (non-hydrogen) atoms. The van der Waals surface area contributed by atoms with Gasteiger partial charge in [-0.2, -0.15) is 0 Å². The van der Waals surface area contributed by atoms with Crippen LogP contribution in [0.5, 0.6) is 5.75 Å². The molecule has 1 N–H and O–H groups in total. The molecule has 118 valence electrons. The number of benzene rings is 2. The molecule has 0 spiro atoms. The Labute approximate surface area is 143 Å². The van der Waals surface area contributed by atoms with E-state index in [1.165, 1.54) is 6.07 Å². The molecule has 0 aliphatic rings. The van der Waals surface area contributed by atoms with Crippen LogP contribution in [0.15, 0.2) is 47.0 Å². The van der Waals surface area contributed by atoms with Crippen LogP contribution in [0.2, 0.25) is 10.0 Å². The van der Waals surface area contributed by atoms with Gasteiger partial charge in [0.25, 0.3) is 0 Å². The van der Waals surface area contributed by atoms with Crippen molar-refractivity contribution in [1.29, 1.82) is 0 Å². The van der Waals surface area contributed by atoms with Crippen molar-refractivity contribution in [1.82, 2.24) is 5.16 Å². The zero-order valence-corrected chi connectivity index (χ0v) is 14.1. The van der Waals surface area contributed by atoms with Crippen molar-refractivity contribution in [2.45, 2.75) is 0 Å². The van der Waals surface area contributed by atoms with Gasteiger partial charge in [-0.3, -0.25) is 0 Å². The van der Waals surface area contributed by atoms with E-state index in [1.807, 2.05) is 43.3 Å². The minimum absolute atomic E-state index is 0.0705. The normalized spacial score (nSPS) is 10.8. The summed E-state index contributed by atoms with van der Waals surface area (Å²) >= 11 is 11.9. The third-order valence-corrected chi connectivity index (χ3v) is 3.99. The second kappa shape index (κ2) is 6.14. The van der Waals surface area contributed by atoms with Gasteiger partial charge in [0.1, 0.15) is 11.4 Å². The molecule has 0 aliphatic heterocycles. The van der Waals surface area contributed by atoms with Crippen LogP contribution in [0.25, 0.3) is 22.6 Å². The molecule has 0 amide bonds. The highest BCUT2D eigenvalue weighted by atomic mass is 35.5. The van der Waals surface area contributed by atoms with Crippen molar-refractivity contribution in [2.24, 2.45) is 0 Å². The smallest absolute Gasteiger partial charge is 0.167 e. The molecule has 6 heteroatoms. The third-order valence-electron chi connectivity index (χ3n) is 3.48. The molecule has 1 aromatic heterocycles. The quantitative estimate of drug-likeness (QED) is 0.716. The highest BCUT2D eigenvalue weighted by molar-refractivity contribution is 6.36. The molecule has 0 atom stereocenters. The van der Waals surface area contributed by atoms with Crippen LogP contribution in [-0.4, -0.2) is 24.4 Å². The predicted molar refractivity (Wildman–Crippen MR) is 93.4 cm³/mol. The average Bonchev–Trinajstić information content (AvgIpc) is 3.00. The number of aromatic hydroxyl groups is 1. The lowest BCUT2D eigenvalue weighted by molar-refractivity contribution is 0.433. The van der Waals surface area contributed by atoms with Gasteiger partial charge in [-0.05, 0) is 36.4 Å². The van der Waals surface area contributed by atoms with E-state index in [0.717, 1.165) is 11.3 Å². The fraction of sp³-hybridized carbons (Fsp3) is 0.118. The van der Waals surface area contributed by atoms with Crippen LogP contribution in [0.4, 0.5) is 5.69 Å². The van der Waals surface area contributed by atoms with Crippen molar-refractivity contribution in [2.75, 3.05) is 19.0 Å². The van der Waals surface area contributed by atoms with Gasteiger partial charge >= 0.3 is 0 Å². The number of aromatic nitrogens is 1. The minimum atomic E-state index is -0.0705. The van der Waals surface area contributed by atoms with E-state index in [0.29, 0.717) is 22.0 Å². The van der Waals surface area contributed by atoms with Crippen molar-refractivity contribution < 1.29 is 9.63 Å². The van der Waals surface area contributed by atoms with Crippen LogP contribution in [0.1, 0.15) is 0 Å². The molecule has 0 saturated carbocycles. The van der Waals surface area contributed by atoms with E-state index < -0.39 is 0 Å². The fourth-order valence-corrected chi connectivity index (χ4v) is 2.72. The number of phenols is 1. The lowest BCUT2D eigenvalue weighted by atomic mass is 10.1. The van der Waals surface area contributed by atoms with Gasteiger partial charge < -0.3 is 14.5 Å². The van der Waals surface area contributed by atoms with Crippen molar-refractivity contribution in [3.8, 4) is 28.3 Å². The first-order chi connectivity index (χ1) is 11.0. The minimum Gasteiger partial charge on any atom is -0.506 e. The Morgan fingerprint density at radius 3 is 2.39 bits per heavy atom. The Hall–Kier alpha value is -2.17. The molecular formula is C17H14Cl2N2O2. The van der Waals surface area contributed by atoms with E-state index in [-0.39, 0.29) is 10.8 Å². The average molecular weight is 349 g/mol. The summed E-state index contributed by atoms with van der Waals surface area (Å²) in [7, 11) is 3.96. The number of halogens is 2. The van der Waals surface area contributed by atoms with E-state index in [4.69, 9.17) is 27.7 Å². The number of hydrogen-bond donors (Lipinski definition) is 1. The molecule has 4 nitrogen and oxygen atoms in total. The summed E-state index contributed by atoms with van der Waals surface area (Å²) in [4.78, 5) is 2.02. The highest BCUT2D eigenvalue weighted by Gasteiger charge is 2.15. The van der Waals surface area contributed by atoms with Crippen molar-refractivity contribution >= 4 is 28.9 Å². The topological polar surface area (TPSA) is 49.5 Å². The Kier molecular flexibility index (Phi) is 4.20. The first kappa shape index (κ1) is 15.7. The van der Waals surface area contributed by atoms with Crippen LogP contribution < -0.4 is 4.90 Å². The molecule has 1 heterocycles. The van der Waals surface area contributed by atoms with E-state index in [2.05, 4.69) is 5.16 Å². The standard InChI is InChI=1S/C17H14Cl2N2O2/c1-21(2)12-5-3-10(4-6-12)16-9-15(20-23-16)13-7-11(18)8-14(19)17(13)22/h3-9,22H,1-2H3. The zero-order chi connectivity index (χ0) is 16.6. The van der Waals surface area contributed by atoms with Gasteiger partial charge in [-0.15, -0.1) is 0 Å². The Balaban J connectivity index is 1.98. The Morgan fingerprint density at radius 2 is 1.74 bits per heavy atom. The maximum Gasteiger partial charge on any atom is 0.167 e. The molecule has 0 saturated heterocycles. The first-order valence-electron chi connectivity index (χ1n) is 6.88. The molecule has 0 bridgehead atoms. The lowest BCUT2D eigenvalue weighted by Crippen LogP contribution is -2.07. The molecule has 3 aromatic rings. The van der Waals surface area contributed by atoms with Crippen LogP contribution in [-0.2, 0) is 0 Å². The number of phenolic OH excluding ortho intramolecular Hbond substituents is 1. The Morgan fingerprint density at radius 1 is 1.04 bits per heavy atom. The summed E-state index contributed by atoms with van der Waals surface area (Å²) in [5, 5.41) is 14.7. The maximum atomic E-state index is 10.1. The van der Waals surface area contributed by atoms with Crippen molar-refractivity contribution in [3.63, 3.8) is 0 Å². The number of hydrogen-bond acceptors (Lipinski definition) is 4. The second-order valence-corrected chi connectivity index (χ2v) is 6.15. The fourth-order valence-electron chi connectivity index (χ4n) is 2.22. The summed E-state index contributed by atoms with van der Waals surface area (Å²) in [6, 6.07) is 12.7. The van der Waals surface area contributed by atoms with Gasteiger partial charge in [0.15, 0.2) is 5.76 Å². The first-order valence-corrected chi connectivity index (χ1v) is 7.64. The van der Waals surface area contributed by atoms with Gasteiger partial charge in [0.05, 0.1) is 5.02 Å².